The first-order chi connectivity index (χ1) is 11.8. The second-order valence-electron chi connectivity index (χ2n) is 5.80. The van der Waals surface area contributed by atoms with Crippen LogP contribution in [0.25, 0.3) is 22.3 Å². The summed E-state index contributed by atoms with van der Waals surface area (Å²) in [6.45, 7) is 0. The van der Waals surface area contributed by atoms with Crippen LogP contribution in [0.15, 0.2) is 83.3 Å². The Labute approximate surface area is 141 Å². The van der Waals surface area contributed by atoms with Gasteiger partial charge in [-0.15, -0.1) is 0 Å². The first kappa shape index (κ1) is 14.6. The zero-order chi connectivity index (χ0) is 16.4. The normalized spacial score (nSPS) is 10.9. The van der Waals surface area contributed by atoms with Crippen LogP contribution >= 0.6 is 0 Å². The predicted octanol–water partition coefficient (Wildman–Crippen LogP) is 5.70. The minimum atomic E-state index is 0.846. The lowest BCUT2D eigenvalue weighted by molar-refractivity contribution is 0.415. The Morgan fingerprint density at radius 1 is 0.792 bits per heavy atom. The van der Waals surface area contributed by atoms with Gasteiger partial charge in [0.2, 0.25) is 0 Å². The maximum absolute atomic E-state index is 6.19. The second kappa shape index (κ2) is 6.25. The van der Waals surface area contributed by atoms with E-state index in [2.05, 4.69) is 36.4 Å². The van der Waals surface area contributed by atoms with Crippen LogP contribution in [0.3, 0.4) is 0 Å². The molecule has 4 aromatic rings. The maximum atomic E-state index is 6.19. The van der Waals surface area contributed by atoms with E-state index >= 15 is 0 Å². The number of ether oxygens (including phenoxy) is 1. The minimum Gasteiger partial charge on any atom is -0.497 e. The van der Waals surface area contributed by atoms with Crippen LogP contribution in [0.1, 0.15) is 11.1 Å². The Hall–Kier alpha value is -3.00. The third kappa shape index (κ3) is 2.67. The number of benzene rings is 3. The Morgan fingerprint density at radius 3 is 2.25 bits per heavy atom. The van der Waals surface area contributed by atoms with Gasteiger partial charge in [-0.25, -0.2) is 0 Å². The fourth-order valence-electron chi connectivity index (χ4n) is 3.05. The van der Waals surface area contributed by atoms with Crippen molar-refractivity contribution in [2.75, 3.05) is 7.11 Å². The summed E-state index contributed by atoms with van der Waals surface area (Å²) in [7, 11) is 1.68. The highest BCUT2D eigenvalue weighted by Crippen LogP contribution is 2.35. The molecule has 4 rings (SSSR count). The van der Waals surface area contributed by atoms with Crippen molar-refractivity contribution in [1.82, 2.24) is 0 Å². The molecule has 0 aliphatic rings. The lowest BCUT2D eigenvalue weighted by Crippen LogP contribution is -1.90. The zero-order valence-electron chi connectivity index (χ0n) is 13.5. The molecule has 0 fully saturated rings. The topological polar surface area (TPSA) is 22.4 Å². The zero-order valence-corrected chi connectivity index (χ0v) is 13.5. The summed E-state index contributed by atoms with van der Waals surface area (Å²) >= 11 is 0. The predicted molar refractivity (Wildman–Crippen MR) is 97.5 cm³/mol. The Morgan fingerprint density at radius 2 is 1.50 bits per heavy atom. The highest BCUT2D eigenvalue weighted by molar-refractivity contribution is 5.88. The number of para-hydroxylation sites is 1. The number of rotatable bonds is 4. The molecular formula is C22H18O2. The fraction of sp³-hybridized carbons (Fsp3) is 0.0909. The highest BCUT2D eigenvalue weighted by atomic mass is 16.5. The molecule has 0 radical (unpaired) electrons. The fourth-order valence-corrected chi connectivity index (χ4v) is 3.05. The van der Waals surface area contributed by atoms with Crippen molar-refractivity contribution in [1.29, 1.82) is 0 Å². The molecule has 0 aliphatic carbocycles. The lowest BCUT2D eigenvalue weighted by Gasteiger charge is -2.05. The van der Waals surface area contributed by atoms with Crippen LogP contribution in [0.4, 0.5) is 0 Å². The van der Waals surface area contributed by atoms with Gasteiger partial charge in [-0.1, -0.05) is 48.5 Å². The molecule has 0 atom stereocenters. The van der Waals surface area contributed by atoms with Gasteiger partial charge < -0.3 is 9.15 Å². The van der Waals surface area contributed by atoms with Crippen LogP contribution in [0.2, 0.25) is 0 Å². The van der Waals surface area contributed by atoms with Crippen LogP contribution in [0.5, 0.6) is 5.75 Å². The first-order valence-corrected chi connectivity index (χ1v) is 8.04. The van der Waals surface area contributed by atoms with Gasteiger partial charge in [0.25, 0.3) is 0 Å². The summed E-state index contributed by atoms with van der Waals surface area (Å²) in [6, 6.07) is 26.7. The molecule has 0 bridgehead atoms. The number of fused-ring (bicyclic) bond motifs is 1. The maximum Gasteiger partial charge on any atom is 0.138 e. The lowest BCUT2D eigenvalue weighted by atomic mass is 9.99. The third-order valence-electron chi connectivity index (χ3n) is 4.27. The standard InChI is InChI=1S/C22H18O2/c1-23-18-13-11-17(12-14-18)22-20(15-16-7-3-2-4-8-16)19-9-5-6-10-21(19)24-22/h2-14H,15H2,1H3. The van der Waals surface area contributed by atoms with Gasteiger partial charge in [0.05, 0.1) is 7.11 Å². The van der Waals surface area contributed by atoms with Crippen LogP contribution < -0.4 is 4.74 Å². The van der Waals surface area contributed by atoms with Crippen molar-refractivity contribution in [3.05, 3.63) is 90.0 Å². The van der Waals surface area contributed by atoms with E-state index in [1.165, 1.54) is 16.5 Å². The van der Waals surface area contributed by atoms with Gasteiger partial charge in [0.1, 0.15) is 17.1 Å². The first-order valence-electron chi connectivity index (χ1n) is 8.04. The van der Waals surface area contributed by atoms with E-state index in [1.54, 1.807) is 7.11 Å². The Bertz CT molecular complexity index is 950. The van der Waals surface area contributed by atoms with Crippen molar-refractivity contribution < 1.29 is 9.15 Å². The molecule has 0 unspecified atom stereocenters. The molecule has 118 valence electrons. The van der Waals surface area contributed by atoms with Gasteiger partial charge in [-0.3, -0.25) is 0 Å². The number of methoxy groups -OCH3 is 1. The van der Waals surface area contributed by atoms with Crippen LogP contribution in [-0.2, 0) is 6.42 Å². The summed E-state index contributed by atoms with van der Waals surface area (Å²) in [5.41, 5.74) is 4.49. The van der Waals surface area contributed by atoms with E-state index in [1.807, 2.05) is 42.5 Å². The smallest absolute Gasteiger partial charge is 0.138 e. The van der Waals surface area contributed by atoms with E-state index in [4.69, 9.17) is 9.15 Å². The van der Waals surface area contributed by atoms with Gasteiger partial charge >= 0.3 is 0 Å². The quantitative estimate of drug-likeness (QED) is 0.482. The van der Waals surface area contributed by atoms with Gasteiger partial charge in [0, 0.05) is 22.9 Å². The van der Waals surface area contributed by atoms with E-state index in [0.717, 1.165) is 29.1 Å². The number of hydrogen-bond acceptors (Lipinski definition) is 2. The van der Waals surface area contributed by atoms with Crippen LogP contribution in [-0.4, -0.2) is 7.11 Å². The second-order valence-corrected chi connectivity index (χ2v) is 5.80. The molecule has 0 N–H and O–H groups in total. The van der Waals surface area contributed by atoms with E-state index < -0.39 is 0 Å². The average Bonchev–Trinajstić information content (AvgIpc) is 3.01. The molecule has 0 spiro atoms. The van der Waals surface area contributed by atoms with E-state index in [9.17, 15) is 0 Å². The molecule has 0 amide bonds. The molecular weight excluding hydrogens is 296 g/mol. The molecule has 0 saturated carbocycles. The number of hydrogen-bond donors (Lipinski definition) is 0. The molecule has 1 aromatic heterocycles. The molecule has 24 heavy (non-hydrogen) atoms. The van der Waals surface area contributed by atoms with Crippen molar-refractivity contribution in [2.45, 2.75) is 6.42 Å². The van der Waals surface area contributed by atoms with Gasteiger partial charge in [0.15, 0.2) is 0 Å². The third-order valence-corrected chi connectivity index (χ3v) is 4.27. The molecule has 0 saturated heterocycles. The van der Waals surface area contributed by atoms with Crippen molar-refractivity contribution in [2.24, 2.45) is 0 Å². The summed E-state index contributed by atoms with van der Waals surface area (Å²) in [6.07, 6.45) is 0.846. The van der Waals surface area contributed by atoms with E-state index in [-0.39, 0.29) is 0 Å². The largest absolute Gasteiger partial charge is 0.497 e. The van der Waals surface area contributed by atoms with Crippen molar-refractivity contribution in [3.63, 3.8) is 0 Å². The summed E-state index contributed by atoms with van der Waals surface area (Å²) < 4.78 is 11.4. The monoisotopic (exact) mass is 314 g/mol. The van der Waals surface area contributed by atoms with Crippen LogP contribution in [0, 0.1) is 0 Å². The number of furan rings is 1. The van der Waals surface area contributed by atoms with Crippen molar-refractivity contribution >= 4 is 11.0 Å². The highest BCUT2D eigenvalue weighted by Gasteiger charge is 2.16. The SMILES string of the molecule is COc1ccc(-c2oc3ccccc3c2Cc2ccccc2)cc1. The molecule has 2 heteroatoms. The molecule has 2 nitrogen and oxygen atoms in total. The molecule has 0 aliphatic heterocycles. The summed E-state index contributed by atoms with van der Waals surface area (Å²) in [5.74, 6) is 1.78. The van der Waals surface area contributed by atoms with E-state index in [0.29, 0.717) is 0 Å². The van der Waals surface area contributed by atoms with Crippen molar-refractivity contribution in [3.8, 4) is 17.1 Å². The summed E-state index contributed by atoms with van der Waals surface area (Å²) in [5, 5.41) is 1.17. The Balaban J connectivity index is 1.85. The molecule has 3 aromatic carbocycles. The minimum absolute atomic E-state index is 0.846. The average molecular weight is 314 g/mol. The molecule has 1 heterocycles. The van der Waals surface area contributed by atoms with Gasteiger partial charge in [-0.2, -0.15) is 0 Å². The summed E-state index contributed by atoms with van der Waals surface area (Å²) in [4.78, 5) is 0. The Kier molecular flexibility index (Phi) is 3.80. The van der Waals surface area contributed by atoms with Gasteiger partial charge in [-0.05, 0) is 35.9 Å².